The Morgan fingerprint density at radius 2 is 2.00 bits per heavy atom. The molecule has 0 radical (unpaired) electrons. The summed E-state index contributed by atoms with van der Waals surface area (Å²) in [4.78, 5) is 18.7. The molecule has 1 N–H and O–H groups in total. The van der Waals surface area contributed by atoms with E-state index < -0.39 is 6.04 Å². The Balaban J connectivity index is 1.70. The molecule has 1 saturated heterocycles. The van der Waals surface area contributed by atoms with Gasteiger partial charge < -0.3 is 19.4 Å². The van der Waals surface area contributed by atoms with Gasteiger partial charge in [0.1, 0.15) is 24.2 Å². The van der Waals surface area contributed by atoms with Crippen molar-refractivity contribution in [1.82, 2.24) is 10.3 Å². The third-order valence-electron chi connectivity index (χ3n) is 6.59. The lowest BCUT2D eigenvalue weighted by Crippen LogP contribution is -2.66. The van der Waals surface area contributed by atoms with Crippen LogP contribution in [0.4, 0.5) is 15.8 Å². The van der Waals surface area contributed by atoms with Crippen molar-refractivity contribution >= 4 is 23.1 Å². The van der Waals surface area contributed by atoms with Crippen LogP contribution in [0.2, 0.25) is 0 Å². The largest absolute Gasteiger partial charge is 0.483 e. The zero-order chi connectivity index (χ0) is 21.9. The number of benzene rings is 2. The van der Waals surface area contributed by atoms with Crippen LogP contribution in [-0.2, 0) is 4.79 Å². The molecule has 0 aromatic heterocycles. The number of ether oxygens (including phenoxy) is 1. The van der Waals surface area contributed by atoms with Crippen molar-refractivity contribution in [2.45, 2.75) is 25.4 Å². The second kappa shape index (κ2) is 6.95. The number of likely N-dealkylation sites (tertiary alicyclic amines) is 1. The summed E-state index contributed by atoms with van der Waals surface area (Å²) in [5.74, 6) is 0.822. The summed E-state index contributed by atoms with van der Waals surface area (Å²) >= 11 is 0. The summed E-state index contributed by atoms with van der Waals surface area (Å²) in [6.07, 6.45) is 0. The maximum absolute atomic E-state index is 14.8. The molecule has 7 nitrogen and oxygen atoms in total. The molecule has 0 bridgehead atoms. The zero-order valence-electron chi connectivity index (χ0n) is 18.1. The van der Waals surface area contributed by atoms with E-state index in [0.29, 0.717) is 17.1 Å². The van der Waals surface area contributed by atoms with Crippen LogP contribution >= 0.6 is 0 Å². The van der Waals surface area contributed by atoms with Crippen molar-refractivity contribution in [2.75, 3.05) is 43.6 Å². The molecule has 3 aliphatic heterocycles. The number of halogens is 1. The van der Waals surface area contributed by atoms with Gasteiger partial charge in [-0.3, -0.25) is 4.79 Å². The molecule has 162 valence electrons. The SMILES string of the molecule is CC1C(=O)NN=C2COc3cc(-c4ccccc4F)c(N(C)C4(C)CN(C)C4)cc3N21. The molecule has 1 amide bonds. The van der Waals surface area contributed by atoms with Crippen LogP contribution in [0.25, 0.3) is 11.1 Å². The van der Waals surface area contributed by atoms with Gasteiger partial charge in [-0.2, -0.15) is 5.10 Å². The molecular formula is C23H26FN5O2. The Hall–Kier alpha value is -3.13. The van der Waals surface area contributed by atoms with Crippen LogP contribution in [0.5, 0.6) is 5.75 Å². The maximum Gasteiger partial charge on any atom is 0.262 e. The topological polar surface area (TPSA) is 60.4 Å². The highest BCUT2D eigenvalue weighted by Crippen LogP contribution is 2.46. The molecule has 5 rings (SSSR count). The number of hydrogen-bond acceptors (Lipinski definition) is 6. The summed E-state index contributed by atoms with van der Waals surface area (Å²) in [6.45, 7) is 6.10. The molecular weight excluding hydrogens is 397 g/mol. The Morgan fingerprint density at radius 3 is 2.71 bits per heavy atom. The third-order valence-corrected chi connectivity index (χ3v) is 6.59. The highest BCUT2D eigenvalue weighted by Gasteiger charge is 2.42. The van der Waals surface area contributed by atoms with Gasteiger partial charge in [0.2, 0.25) is 0 Å². The van der Waals surface area contributed by atoms with Crippen molar-refractivity contribution < 1.29 is 13.9 Å². The Labute approximate surface area is 181 Å². The van der Waals surface area contributed by atoms with Crippen molar-refractivity contribution in [1.29, 1.82) is 0 Å². The van der Waals surface area contributed by atoms with Crippen LogP contribution < -0.4 is 20.0 Å². The van der Waals surface area contributed by atoms with Crippen LogP contribution in [0.15, 0.2) is 41.5 Å². The fraction of sp³-hybridized carbons (Fsp3) is 0.391. The number of rotatable bonds is 3. The number of anilines is 2. The van der Waals surface area contributed by atoms with Crippen LogP contribution in [0, 0.1) is 5.82 Å². The van der Waals surface area contributed by atoms with Gasteiger partial charge in [0.15, 0.2) is 5.84 Å². The minimum absolute atomic E-state index is 0.0830. The van der Waals surface area contributed by atoms with E-state index >= 15 is 0 Å². The molecule has 1 atom stereocenters. The predicted octanol–water partition coefficient (Wildman–Crippen LogP) is 2.66. The average Bonchev–Trinajstić information content (AvgIpc) is 2.74. The van der Waals surface area contributed by atoms with Crippen LogP contribution in [0.3, 0.4) is 0 Å². The van der Waals surface area contributed by atoms with E-state index in [1.165, 1.54) is 6.07 Å². The first-order valence-electron chi connectivity index (χ1n) is 10.4. The average molecular weight is 423 g/mol. The fourth-order valence-electron chi connectivity index (χ4n) is 4.85. The van der Waals surface area contributed by atoms with Gasteiger partial charge in [0, 0.05) is 37.0 Å². The number of nitrogens with zero attached hydrogens (tertiary/aromatic N) is 4. The second-order valence-corrected chi connectivity index (χ2v) is 8.88. The minimum atomic E-state index is -0.418. The quantitative estimate of drug-likeness (QED) is 0.823. The molecule has 3 heterocycles. The standard InChI is InChI=1S/C23H26FN5O2/c1-14-22(30)26-25-21-11-31-20-9-16(15-7-5-6-8-17(15)24)18(10-19(20)29(14)21)28(4)23(2)12-27(3)13-23/h5-10,14H,11-13H2,1-4H3,(H,26,30). The van der Waals surface area contributed by atoms with Gasteiger partial charge >= 0.3 is 0 Å². The van der Waals surface area contributed by atoms with E-state index in [2.05, 4.69) is 34.3 Å². The van der Waals surface area contributed by atoms with E-state index in [4.69, 9.17) is 4.74 Å². The predicted molar refractivity (Wildman–Crippen MR) is 119 cm³/mol. The second-order valence-electron chi connectivity index (χ2n) is 8.88. The van der Waals surface area contributed by atoms with E-state index in [-0.39, 0.29) is 23.9 Å². The normalized spacial score (nSPS) is 21.8. The molecule has 0 saturated carbocycles. The first kappa shape index (κ1) is 19.8. The highest BCUT2D eigenvalue weighted by molar-refractivity contribution is 6.10. The molecule has 1 unspecified atom stereocenters. The number of hydrogen-bond donors (Lipinski definition) is 1. The van der Waals surface area contributed by atoms with Crippen molar-refractivity contribution in [3.8, 4) is 16.9 Å². The number of carbonyl (C=O) groups excluding carboxylic acids is 1. The Kier molecular flexibility index (Phi) is 4.44. The molecule has 8 heteroatoms. The lowest BCUT2D eigenvalue weighted by Gasteiger charge is -2.53. The molecule has 2 aromatic rings. The Bertz CT molecular complexity index is 1100. The smallest absolute Gasteiger partial charge is 0.262 e. The number of amides is 1. The van der Waals surface area contributed by atoms with Crippen LogP contribution in [0.1, 0.15) is 13.8 Å². The molecule has 0 spiro atoms. The van der Waals surface area contributed by atoms with E-state index in [1.807, 2.05) is 37.1 Å². The summed E-state index contributed by atoms with van der Waals surface area (Å²) in [5.41, 5.74) is 5.42. The van der Waals surface area contributed by atoms with Gasteiger partial charge in [-0.1, -0.05) is 18.2 Å². The van der Waals surface area contributed by atoms with Crippen LogP contribution in [-0.4, -0.2) is 62.0 Å². The molecule has 0 aliphatic carbocycles. The number of likely N-dealkylation sites (N-methyl/N-ethyl adjacent to an activating group) is 2. The molecule has 1 fully saturated rings. The lowest BCUT2D eigenvalue weighted by atomic mass is 9.89. The van der Waals surface area contributed by atoms with Gasteiger partial charge in [-0.25, -0.2) is 9.82 Å². The van der Waals surface area contributed by atoms with Gasteiger partial charge in [-0.15, -0.1) is 0 Å². The fourth-order valence-corrected chi connectivity index (χ4v) is 4.85. The molecule has 2 aromatic carbocycles. The van der Waals surface area contributed by atoms with Crippen molar-refractivity contribution in [3.63, 3.8) is 0 Å². The number of fused-ring (bicyclic) bond motifs is 3. The van der Waals surface area contributed by atoms with E-state index in [0.717, 1.165) is 30.0 Å². The van der Waals surface area contributed by atoms with Gasteiger partial charge in [0.25, 0.3) is 5.91 Å². The lowest BCUT2D eigenvalue weighted by molar-refractivity contribution is -0.122. The van der Waals surface area contributed by atoms with E-state index in [9.17, 15) is 9.18 Å². The third kappa shape index (κ3) is 3.05. The zero-order valence-corrected chi connectivity index (χ0v) is 18.1. The van der Waals surface area contributed by atoms with E-state index in [1.54, 1.807) is 12.1 Å². The number of carbonyl (C=O) groups is 1. The summed E-state index contributed by atoms with van der Waals surface area (Å²) < 4.78 is 20.8. The van der Waals surface area contributed by atoms with Gasteiger partial charge in [-0.05, 0) is 39.1 Å². The number of nitrogens with one attached hydrogen (secondary N) is 1. The van der Waals surface area contributed by atoms with Crippen molar-refractivity contribution in [3.05, 3.63) is 42.2 Å². The highest BCUT2D eigenvalue weighted by atomic mass is 19.1. The van der Waals surface area contributed by atoms with Gasteiger partial charge in [0.05, 0.1) is 11.2 Å². The first-order valence-corrected chi connectivity index (χ1v) is 10.4. The Morgan fingerprint density at radius 1 is 1.26 bits per heavy atom. The summed E-state index contributed by atoms with van der Waals surface area (Å²) in [6, 6.07) is 10.3. The monoisotopic (exact) mass is 423 g/mol. The molecule has 3 aliphatic rings. The molecule has 31 heavy (non-hydrogen) atoms. The first-order chi connectivity index (χ1) is 14.8. The number of hydrazone groups is 1. The summed E-state index contributed by atoms with van der Waals surface area (Å²) in [7, 11) is 4.13. The van der Waals surface area contributed by atoms with Crippen molar-refractivity contribution in [2.24, 2.45) is 5.10 Å². The minimum Gasteiger partial charge on any atom is -0.483 e. The summed E-state index contributed by atoms with van der Waals surface area (Å²) in [5, 5.41) is 4.17. The maximum atomic E-state index is 14.8. The number of amidine groups is 1.